The van der Waals surface area contributed by atoms with Crippen LogP contribution in [-0.2, 0) is 0 Å². The van der Waals surface area contributed by atoms with E-state index in [-0.39, 0.29) is 5.82 Å². The van der Waals surface area contributed by atoms with Crippen molar-refractivity contribution in [1.82, 2.24) is 14.6 Å². The van der Waals surface area contributed by atoms with Crippen LogP contribution in [0.1, 0.15) is 6.42 Å². The van der Waals surface area contributed by atoms with E-state index in [1.807, 2.05) is 17.0 Å². The van der Waals surface area contributed by atoms with Gasteiger partial charge in [-0.25, -0.2) is 13.9 Å². The molecule has 0 atom stereocenters. The van der Waals surface area contributed by atoms with Crippen LogP contribution < -0.4 is 10.6 Å². The number of para-hydroxylation sites is 1. The molecule has 0 aliphatic heterocycles. The predicted molar refractivity (Wildman–Crippen MR) is 80.1 cm³/mol. The fourth-order valence-corrected chi connectivity index (χ4v) is 2.31. The highest BCUT2D eigenvalue weighted by molar-refractivity contribution is 5.75. The summed E-state index contributed by atoms with van der Waals surface area (Å²) in [6.07, 6.45) is 5.86. The van der Waals surface area contributed by atoms with Crippen molar-refractivity contribution in [1.29, 1.82) is 0 Å². The highest BCUT2D eigenvalue weighted by Crippen LogP contribution is 2.29. The molecular weight excluding hydrogens is 269 g/mol. The third kappa shape index (κ3) is 2.57. The first kappa shape index (κ1) is 13.5. The number of rotatable bonds is 5. The first-order chi connectivity index (χ1) is 10.3. The van der Waals surface area contributed by atoms with Gasteiger partial charge in [0.15, 0.2) is 5.82 Å². The number of hydrogen-bond acceptors (Lipinski definition) is 4. The van der Waals surface area contributed by atoms with Gasteiger partial charge in [0, 0.05) is 18.9 Å². The van der Waals surface area contributed by atoms with E-state index in [0.29, 0.717) is 24.6 Å². The second kappa shape index (κ2) is 5.88. The summed E-state index contributed by atoms with van der Waals surface area (Å²) in [5.41, 5.74) is 6.93. The molecule has 2 heterocycles. The summed E-state index contributed by atoms with van der Waals surface area (Å²) in [5.74, 6) is 0.395. The Morgan fingerprint density at radius 3 is 2.86 bits per heavy atom. The summed E-state index contributed by atoms with van der Waals surface area (Å²) in [6, 6.07) is 8.53. The number of hydrogen-bond donors (Lipinski definition) is 1. The molecule has 0 fully saturated rings. The van der Waals surface area contributed by atoms with Gasteiger partial charge in [-0.15, -0.1) is 0 Å². The van der Waals surface area contributed by atoms with Gasteiger partial charge in [-0.1, -0.05) is 12.1 Å². The fourth-order valence-electron chi connectivity index (χ4n) is 2.31. The zero-order chi connectivity index (χ0) is 14.7. The Hall–Kier alpha value is -2.47. The van der Waals surface area contributed by atoms with Crippen LogP contribution in [0.3, 0.4) is 0 Å². The molecule has 108 valence electrons. The van der Waals surface area contributed by atoms with Crippen molar-refractivity contribution in [3.63, 3.8) is 0 Å². The third-order valence-electron chi connectivity index (χ3n) is 3.29. The lowest BCUT2D eigenvalue weighted by molar-refractivity contribution is 0.623. The van der Waals surface area contributed by atoms with E-state index < -0.39 is 0 Å². The van der Waals surface area contributed by atoms with Gasteiger partial charge in [-0.3, -0.25) is 0 Å². The van der Waals surface area contributed by atoms with E-state index in [4.69, 9.17) is 5.73 Å². The molecule has 0 aliphatic rings. The van der Waals surface area contributed by atoms with Crippen LogP contribution in [0.25, 0.3) is 5.52 Å². The Morgan fingerprint density at radius 1 is 1.19 bits per heavy atom. The second-order valence-electron chi connectivity index (χ2n) is 4.66. The number of nitrogens with zero attached hydrogens (tertiary/aromatic N) is 4. The summed E-state index contributed by atoms with van der Waals surface area (Å²) >= 11 is 0. The molecule has 0 saturated carbocycles. The van der Waals surface area contributed by atoms with Gasteiger partial charge in [0.25, 0.3) is 0 Å². The molecule has 2 aromatic heterocycles. The van der Waals surface area contributed by atoms with Crippen molar-refractivity contribution in [2.24, 2.45) is 5.73 Å². The molecule has 1 aromatic carbocycles. The summed E-state index contributed by atoms with van der Waals surface area (Å²) in [7, 11) is 0. The number of benzene rings is 1. The molecule has 0 aliphatic carbocycles. The average molecular weight is 285 g/mol. The number of fused-ring (bicyclic) bond motifs is 1. The minimum absolute atomic E-state index is 0.280. The van der Waals surface area contributed by atoms with Crippen LogP contribution >= 0.6 is 0 Å². The molecule has 0 saturated heterocycles. The minimum atomic E-state index is -0.280. The molecule has 0 radical (unpaired) electrons. The van der Waals surface area contributed by atoms with Crippen molar-refractivity contribution in [3.8, 4) is 0 Å². The van der Waals surface area contributed by atoms with Crippen LogP contribution in [0.2, 0.25) is 0 Å². The molecule has 6 heteroatoms. The largest absolute Gasteiger partial charge is 0.330 e. The van der Waals surface area contributed by atoms with Crippen molar-refractivity contribution in [3.05, 3.63) is 54.7 Å². The maximum atomic E-state index is 14.2. The van der Waals surface area contributed by atoms with Crippen molar-refractivity contribution in [2.75, 3.05) is 18.0 Å². The first-order valence-corrected chi connectivity index (χ1v) is 6.82. The van der Waals surface area contributed by atoms with E-state index in [0.717, 1.165) is 11.9 Å². The van der Waals surface area contributed by atoms with Crippen molar-refractivity contribution >= 4 is 17.0 Å². The highest BCUT2D eigenvalue weighted by atomic mass is 19.1. The summed E-state index contributed by atoms with van der Waals surface area (Å²) in [4.78, 5) is 6.25. The SMILES string of the molecule is NCCCN(c1ccccc1F)c1nccn2nccc12. The van der Waals surface area contributed by atoms with E-state index in [1.165, 1.54) is 6.07 Å². The molecule has 3 rings (SSSR count). The van der Waals surface area contributed by atoms with E-state index in [9.17, 15) is 4.39 Å². The molecule has 0 spiro atoms. The quantitative estimate of drug-likeness (QED) is 0.781. The van der Waals surface area contributed by atoms with Gasteiger partial charge in [0.2, 0.25) is 0 Å². The average Bonchev–Trinajstić information content (AvgIpc) is 2.98. The Bertz CT molecular complexity index is 740. The summed E-state index contributed by atoms with van der Waals surface area (Å²) in [6.45, 7) is 1.13. The lowest BCUT2D eigenvalue weighted by atomic mass is 10.2. The van der Waals surface area contributed by atoms with E-state index in [1.54, 1.807) is 35.2 Å². The van der Waals surface area contributed by atoms with E-state index >= 15 is 0 Å². The van der Waals surface area contributed by atoms with Gasteiger partial charge < -0.3 is 10.6 Å². The van der Waals surface area contributed by atoms with Gasteiger partial charge in [0.1, 0.15) is 11.3 Å². The normalized spacial score (nSPS) is 11.0. The zero-order valence-electron chi connectivity index (χ0n) is 11.5. The smallest absolute Gasteiger partial charge is 0.159 e. The molecule has 3 aromatic rings. The Morgan fingerprint density at radius 2 is 2.05 bits per heavy atom. The van der Waals surface area contributed by atoms with Crippen LogP contribution in [0.5, 0.6) is 0 Å². The van der Waals surface area contributed by atoms with Crippen LogP contribution in [-0.4, -0.2) is 27.7 Å². The van der Waals surface area contributed by atoms with Gasteiger partial charge in [-0.05, 0) is 31.2 Å². The third-order valence-corrected chi connectivity index (χ3v) is 3.29. The molecule has 0 unspecified atom stereocenters. The molecule has 0 bridgehead atoms. The Kier molecular flexibility index (Phi) is 3.79. The topological polar surface area (TPSA) is 59.5 Å². The van der Waals surface area contributed by atoms with E-state index in [2.05, 4.69) is 10.1 Å². The fraction of sp³-hybridized carbons (Fsp3) is 0.200. The Labute approximate surface area is 121 Å². The van der Waals surface area contributed by atoms with Gasteiger partial charge in [0.05, 0.1) is 11.9 Å². The predicted octanol–water partition coefficient (Wildman–Crippen LogP) is 2.36. The Balaban J connectivity index is 2.11. The molecule has 2 N–H and O–H groups in total. The standard InChI is InChI=1S/C15H16FN5/c16-12-4-1-2-5-13(12)20(10-3-7-17)15-14-6-8-19-21(14)11-9-18-15/h1-2,4-6,8-9,11H,3,7,10,17H2. The molecule has 0 amide bonds. The van der Waals surface area contributed by atoms with Gasteiger partial charge >= 0.3 is 0 Å². The van der Waals surface area contributed by atoms with Gasteiger partial charge in [-0.2, -0.15) is 5.10 Å². The van der Waals surface area contributed by atoms with Crippen LogP contribution in [0.15, 0.2) is 48.9 Å². The maximum absolute atomic E-state index is 14.2. The molecule has 21 heavy (non-hydrogen) atoms. The summed E-state index contributed by atoms with van der Waals surface area (Å²) < 4.78 is 15.9. The lowest BCUT2D eigenvalue weighted by Crippen LogP contribution is -2.23. The summed E-state index contributed by atoms with van der Waals surface area (Å²) in [5, 5.41) is 4.19. The zero-order valence-corrected chi connectivity index (χ0v) is 11.5. The highest BCUT2D eigenvalue weighted by Gasteiger charge is 2.17. The van der Waals surface area contributed by atoms with Crippen molar-refractivity contribution in [2.45, 2.75) is 6.42 Å². The van der Waals surface area contributed by atoms with Crippen LogP contribution in [0, 0.1) is 5.82 Å². The maximum Gasteiger partial charge on any atom is 0.159 e. The number of nitrogens with two attached hydrogens (primary N) is 1. The molecular formula is C15H16FN5. The molecule has 5 nitrogen and oxygen atoms in total. The lowest BCUT2D eigenvalue weighted by Gasteiger charge is -2.24. The minimum Gasteiger partial charge on any atom is -0.330 e. The number of aromatic nitrogens is 3. The first-order valence-electron chi connectivity index (χ1n) is 6.82. The number of halogens is 1. The monoisotopic (exact) mass is 285 g/mol. The van der Waals surface area contributed by atoms with Crippen molar-refractivity contribution < 1.29 is 4.39 Å². The van der Waals surface area contributed by atoms with Crippen LogP contribution in [0.4, 0.5) is 15.9 Å². The second-order valence-corrected chi connectivity index (χ2v) is 4.66. The number of anilines is 2.